The summed E-state index contributed by atoms with van der Waals surface area (Å²) in [6.45, 7) is 6.14. The zero-order valence-corrected chi connectivity index (χ0v) is 20.5. The first-order valence-corrected chi connectivity index (χ1v) is 12.9. The second kappa shape index (κ2) is 11.0. The molecule has 2 aromatic rings. The van der Waals surface area contributed by atoms with Gasteiger partial charge in [0.25, 0.3) is 11.8 Å². The molecule has 1 aromatic carbocycles. The topological polar surface area (TPSA) is 62.6 Å². The van der Waals surface area contributed by atoms with E-state index < -0.39 is 5.43 Å². The molecular formula is C28H37N3O3. The van der Waals surface area contributed by atoms with Crippen molar-refractivity contribution in [2.24, 2.45) is 0 Å². The SMILES string of the molecule is CCN(CC)C(=O)c1cn(C2CCCC2)cc(C(=O)N2CCC[C@@H](c3ccccc3)CC2)c1=O. The van der Waals surface area contributed by atoms with E-state index in [9.17, 15) is 14.4 Å². The molecule has 1 aromatic heterocycles. The molecule has 2 fully saturated rings. The van der Waals surface area contributed by atoms with Crippen LogP contribution in [0.2, 0.25) is 0 Å². The maximum Gasteiger partial charge on any atom is 0.259 e. The molecule has 1 atom stereocenters. The van der Waals surface area contributed by atoms with Crippen molar-refractivity contribution >= 4 is 11.8 Å². The normalized spacial score (nSPS) is 19.1. The van der Waals surface area contributed by atoms with Crippen LogP contribution in [0.3, 0.4) is 0 Å². The third kappa shape index (κ3) is 5.11. The predicted molar refractivity (Wildman–Crippen MR) is 134 cm³/mol. The molecule has 0 unspecified atom stereocenters. The Morgan fingerprint density at radius 3 is 2.24 bits per heavy atom. The van der Waals surface area contributed by atoms with Crippen LogP contribution in [0.1, 0.15) is 97.0 Å². The van der Waals surface area contributed by atoms with Gasteiger partial charge in [0.2, 0.25) is 5.43 Å². The first kappa shape index (κ1) is 24.2. The van der Waals surface area contributed by atoms with E-state index in [1.165, 1.54) is 5.56 Å². The molecule has 4 rings (SSSR count). The maximum absolute atomic E-state index is 13.7. The number of benzene rings is 1. The van der Waals surface area contributed by atoms with Gasteiger partial charge in [-0.25, -0.2) is 0 Å². The van der Waals surface area contributed by atoms with Gasteiger partial charge in [-0.3, -0.25) is 14.4 Å². The fourth-order valence-corrected chi connectivity index (χ4v) is 5.53. The minimum absolute atomic E-state index is 0.124. The molecule has 1 aliphatic heterocycles. The van der Waals surface area contributed by atoms with Crippen molar-refractivity contribution in [1.82, 2.24) is 14.4 Å². The second-order valence-corrected chi connectivity index (χ2v) is 9.61. The molecular weight excluding hydrogens is 426 g/mol. The Balaban J connectivity index is 1.63. The molecule has 2 aliphatic rings. The Hall–Kier alpha value is -2.89. The highest BCUT2D eigenvalue weighted by molar-refractivity contribution is 5.99. The summed E-state index contributed by atoms with van der Waals surface area (Å²) < 4.78 is 1.98. The standard InChI is InChI=1S/C28H37N3O3/c1-3-29(4-2)27(33)24-19-31(23-14-8-9-15-23)20-25(26(24)32)28(34)30-17-10-13-22(16-18-30)21-11-6-5-7-12-21/h5-7,11-12,19-20,22-23H,3-4,8-10,13-18H2,1-2H3/t22-/m1/s1. The maximum atomic E-state index is 13.7. The smallest absolute Gasteiger partial charge is 0.259 e. The molecule has 2 heterocycles. The third-order valence-corrected chi connectivity index (χ3v) is 7.59. The van der Waals surface area contributed by atoms with E-state index in [1.807, 2.05) is 29.4 Å². The summed E-state index contributed by atoms with van der Waals surface area (Å²) >= 11 is 0. The molecule has 0 N–H and O–H groups in total. The van der Waals surface area contributed by atoms with Gasteiger partial charge in [0.15, 0.2) is 0 Å². The van der Waals surface area contributed by atoms with Crippen molar-refractivity contribution in [3.63, 3.8) is 0 Å². The van der Waals surface area contributed by atoms with E-state index in [0.29, 0.717) is 32.1 Å². The monoisotopic (exact) mass is 463 g/mol. The van der Waals surface area contributed by atoms with Gasteiger partial charge in [0.05, 0.1) is 0 Å². The van der Waals surface area contributed by atoms with Crippen molar-refractivity contribution < 1.29 is 9.59 Å². The third-order valence-electron chi connectivity index (χ3n) is 7.59. The number of likely N-dealkylation sites (tertiary alicyclic amines) is 1. The summed E-state index contributed by atoms with van der Waals surface area (Å²) in [5.74, 6) is -0.0965. The van der Waals surface area contributed by atoms with Gasteiger partial charge in [-0.1, -0.05) is 43.2 Å². The van der Waals surface area contributed by atoms with E-state index in [-0.39, 0.29) is 29.0 Å². The molecule has 0 radical (unpaired) electrons. The van der Waals surface area contributed by atoms with Crippen LogP contribution in [0.5, 0.6) is 0 Å². The van der Waals surface area contributed by atoms with Crippen LogP contribution in [0.25, 0.3) is 0 Å². The van der Waals surface area contributed by atoms with Crippen LogP contribution in [-0.4, -0.2) is 52.4 Å². The van der Waals surface area contributed by atoms with Crippen molar-refractivity contribution in [3.05, 3.63) is 69.6 Å². The molecule has 6 heteroatoms. The zero-order valence-electron chi connectivity index (χ0n) is 20.5. The summed E-state index contributed by atoms with van der Waals surface area (Å²) in [5, 5.41) is 0. The number of pyridine rings is 1. The molecule has 182 valence electrons. The van der Waals surface area contributed by atoms with E-state index >= 15 is 0 Å². The number of carbonyl (C=O) groups is 2. The van der Waals surface area contributed by atoms with Crippen LogP contribution in [0.15, 0.2) is 47.5 Å². The Kier molecular flexibility index (Phi) is 7.86. The van der Waals surface area contributed by atoms with Gasteiger partial charge in [-0.15, -0.1) is 0 Å². The second-order valence-electron chi connectivity index (χ2n) is 9.61. The first-order valence-electron chi connectivity index (χ1n) is 12.9. The Labute approximate surface area is 202 Å². The fourth-order valence-electron chi connectivity index (χ4n) is 5.53. The van der Waals surface area contributed by atoms with Crippen molar-refractivity contribution in [2.45, 2.75) is 70.8 Å². The lowest BCUT2D eigenvalue weighted by atomic mass is 9.92. The minimum Gasteiger partial charge on any atom is -0.349 e. The summed E-state index contributed by atoms with van der Waals surface area (Å²) in [7, 11) is 0. The number of aromatic nitrogens is 1. The van der Waals surface area contributed by atoms with Crippen LogP contribution in [0, 0.1) is 0 Å². The lowest BCUT2D eigenvalue weighted by Crippen LogP contribution is -2.39. The summed E-state index contributed by atoms with van der Waals surface area (Å²) in [5.41, 5.74) is 1.15. The van der Waals surface area contributed by atoms with Crippen molar-refractivity contribution in [1.29, 1.82) is 0 Å². The van der Waals surface area contributed by atoms with E-state index in [0.717, 1.165) is 44.9 Å². The van der Waals surface area contributed by atoms with Gasteiger partial charge >= 0.3 is 0 Å². The molecule has 1 saturated carbocycles. The van der Waals surface area contributed by atoms with Gasteiger partial charge in [-0.2, -0.15) is 0 Å². The van der Waals surface area contributed by atoms with Crippen LogP contribution >= 0.6 is 0 Å². The number of amides is 2. The summed E-state index contributed by atoms with van der Waals surface area (Å²) in [6.07, 6.45) is 10.5. The van der Waals surface area contributed by atoms with Gasteiger partial charge in [0, 0.05) is 44.6 Å². The minimum atomic E-state index is -0.431. The number of nitrogens with zero attached hydrogens (tertiary/aromatic N) is 3. The molecule has 6 nitrogen and oxygen atoms in total. The zero-order chi connectivity index (χ0) is 24.1. The molecule has 2 amide bonds. The number of hydrogen-bond acceptors (Lipinski definition) is 3. The predicted octanol–water partition coefficient (Wildman–Crippen LogP) is 4.86. The van der Waals surface area contributed by atoms with Crippen LogP contribution in [0.4, 0.5) is 0 Å². The molecule has 0 spiro atoms. The lowest BCUT2D eigenvalue weighted by Gasteiger charge is -2.24. The van der Waals surface area contributed by atoms with E-state index in [1.54, 1.807) is 17.3 Å². The van der Waals surface area contributed by atoms with Gasteiger partial charge in [-0.05, 0) is 57.4 Å². The fraction of sp³-hybridized carbons (Fsp3) is 0.536. The van der Waals surface area contributed by atoms with Crippen LogP contribution < -0.4 is 5.43 Å². The highest BCUT2D eigenvalue weighted by atomic mass is 16.2. The Bertz CT molecular complexity index is 1050. The van der Waals surface area contributed by atoms with Gasteiger partial charge < -0.3 is 14.4 Å². The highest BCUT2D eigenvalue weighted by Gasteiger charge is 2.29. The first-order chi connectivity index (χ1) is 16.5. The van der Waals surface area contributed by atoms with E-state index in [2.05, 4.69) is 24.3 Å². The molecule has 1 aliphatic carbocycles. The quantitative estimate of drug-likeness (QED) is 0.615. The number of hydrogen-bond donors (Lipinski definition) is 0. The number of rotatable bonds is 6. The molecule has 1 saturated heterocycles. The van der Waals surface area contributed by atoms with Gasteiger partial charge in [0.1, 0.15) is 11.1 Å². The van der Waals surface area contributed by atoms with E-state index in [4.69, 9.17) is 0 Å². The van der Waals surface area contributed by atoms with Crippen molar-refractivity contribution in [2.75, 3.05) is 26.2 Å². The lowest BCUT2D eigenvalue weighted by molar-refractivity contribution is 0.0757. The molecule has 0 bridgehead atoms. The van der Waals surface area contributed by atoms with Crippen LogP contribution in [-0.2, 0) is 0 Å². The average molecular weight is 464 g/mol. The summed E-state index contributed by atoms with van der Waals surface area (Å²) in [6, 6.07) is 10.7. The Morgan fingerprint density at radius 2 is 1.56 bits per heavy atom. The van der Waals surface area contributed by atoms with Crippen molar-refractivity contribution in [3.8, 4) is 0 Å². The number of carbonyl (C=O) groups excluding carboxylic acids is 2. The summed E-state index contributed by atoms with van der Waals surface area (Å²) in [4.78, 5) is 43.8. The average Bonchev–Trinajstić information content (AvgIpc) is 3.29. The Morgan fingerprint density at radius 1 is 0.882 bits per heavy atom. The molecule has 34 heavy (non-hydrogen) atoms. The largest absolute Gasteiger partial charge is 0.349 e. The highest BCUT2D eigenvalue weighted by Crippen LogP contribution is 2.30.